The van der Waals surface area contributed by atoms with E-state index in [0.717, 1.165) is 48.3 Å². The number of aryl methyl sites for hydroxylation is 1. The summed E-state index contributed by atoms with van der Waals surface area (Å²) in [6, 6.07) is 3.84. The first-order valence-electron chi connectivity index (χ1n) is 7.59. The van der Waals surface area contributed by atoms with Crippen LogP contribution in [0.3, 0.4) is 0 Å². The molecule has 0 bridgehead atoms. The largest absolute Gasteiger partial charge is 0.459 e. The van der Waals surface area contributed by atoms with Gasteiger partial charge in [0.2, 0.25) is 5.91 Å². The Morgan fingerprint density at radius 3 is 3.14 bits per heavy atom. The van der Waals surface area contributed by atoms with Gasteiger partial charge in [0.25, 0.3) is 0 Å². The van der Waals surface area contributed by atoms with Crippen LogP contribution in [0.4, 0.5) is 0 Å². The number of aromatic nitrogens is 1. The predicted molar refractivity (Wildman–Crippen MR) is 86.9 cm³/mol. The van der Waals surface area contributed by atoms with Crippen LogP contribution in [0, 0.1) is 12.8 Å². The predicted octanol–water partition coefficient (Wildman–Crippen LogP) is 2.32. The van der Waals surface area contributed by atoms with E-state index in [-0.39, 0.29) is 5.91 Å². The van der Waals surface area contributed by atoms with Gasteiger partial charge >= 0.3 is 0 Å². The van der Waals surface area contributed by atoms with E-state index in [4.69, 9.17) is 4.42 Å². The number of amides is 1. The van der Waals surface area contributed by atoms with Crippen molar-refractivity contribution >= 4 is 17.2 Å². The molecular weight excluding hydrogens is 298 g/mol. The van der Waals surface area contributed by atoms with Gasteiger partial charge in [-0.25, -0.2) is 4.98 Å². The second kappa shape index (κ2) is 6.62. The Morgan fingerprint density at radius 1 is 1.55 bits per heavy atom. The van der Waals surface area contributed by atoms with E-state index in [2.05, 4.69) is 10.3 Å². The molecule has 3 heterocycles. The molecular formula is C16H21N3O2S. The van der Waals surface area contributed by atoms with Crippen molar-refractivity contribution in [1.82, 2.24) is 15.2 Å². The fourth-order valence-electron chi connectivity index (χ4n) is 2.83. The van der Waals surface area contributed by atoms with E-state index >= 15 is 0 Å². The Kier molecular flexibility index (Phi) is 4.59. The number of nitrogens with zero attached hydrogens (tertiary/aromatic N) is 2. The number of carbonyl (C=O) groups excluding carboxylic acids is 1. The molecule has 1 aliphatic rings. The van der Waals surface area contributed by atoms with Gasteiger partial charge in [-0.15, -0.1) is 11.3 Å². The molecule has 1 fully saturated rings. The molecule has 22 heavy (non-hydrogen) atoms. The molecule has 0 saturated carbocycles. The molecule has 1 aliphatic heterocycles. The summed E-state index contributed by atoms with van der Waals surface area (Å²) in [6.07, 6.45) is 1.46. The van der Waals surface area contributed by atoms with Crippen LogP contribution in [0.1, 0.15) is 17.9 Å². The average molecular weight is 319 g/mol. The Morgan fingerprint density at radius 2 is 2.41 bits per heavy atom. The van der Waals surface area contributed by atoms with Gasteiger partial charge in [-0.1, -0.05) is 0 Å². The quantitative estimate of drug-likeness (QED) is 0.919. The second-order valence-electron chi connectivity index (χ2n) is 5.78. The smallest absolute Gasteiger partial charge is 0.228 e. The van der Waals surface area contributed by atoms with Gasteiger partial charge < -0.3 is 14.6 Å². The van der Waals surface area contributed by atoms with Gasteiger partial charge in [0.05, 0.1) is 12.1 Å². The van der Waals surface area contributed by atoms with Crippen molar-refractivity contribution in [3.05, 3.63) is 29.0 Å². The molecule has 0 aliphatic carbocycles. The van der Waals surface area contributed by atoms with Crippen molar-refractivity contribution in [3.8, 4) is 10.8 Å². The Labute approximate surface area is 134 Å². The number of nitrogens with one attached hydrogen (secondary N) is 1. The molecule has 0 spiro atoms. The van der Waals surface area contributed by atoms with E-state index < -0.39 is 0 Å². The highest BCUT2D eigenvalue weighted by atomic mass is 32.1. The number of thiazole rings is 1. The highest BCUT2D eigenvalue weighted by molar-refractivity contribution is 7.13. The SMILES string of the molecule is CNCC1CCN(C(=O)Cc2csc(-c3ccc(C)o3)n2)C1. The van der Waals surface area contributed by atoms with E-state index in [1.54, 1.807) is 0 Å². The highest BCUT2D eigenvalue weighted by Crippen LogP contribution is 2.26. The number of furan rings is 1. The molecule has 1 atom stereocenters. The Bertz CT molecular complexity index is 649. The van der Waals surface area contributed by atoms with Gasteiger partial charge in [-0.3, -0.25) is 4.79 Å². The number of carbonyl (C=O) groups is 1. The fraction of sp³-hybridized carbons (Fsp3) is 0.500. The fourth-order valence-corrected chi connectivity index (χ4v) is 3.61. The normalized spacial score (nSPS) is 18.1. The van der Waals surface area contributed by atoms with E-state index in [0.29, 0.717) is 12.3 Å². The maximum Gasteiger partial charge on any atom is 0.228 e. The molecule has 0 radical (unpaired) electrons. The topological polar surface area (TPSA) is 58.4 Å². The van der Waals surface area contributed by atoms with Crippen LogP contribution in [0.5, 0.6) is 0 Å². The van der Waals surface area contributed by atoms with Crippen LogP contribution >= 0.6 is 11.3 Å². The average Bonchev–Trinajstić information content (AvgIpc) is 3.19. The lowest BCUT2D eigenvalue weighted by Crippen LogP contribution is -2.31. The van der Waals surface area contributed by atoms with Gasteiger partial charge in [0.1, 0.15) is 5.76 Å². The molecule has 5 nitrogen and oxygen atoms in total. The minimum absolute atomic E-state index is 0.172. The summed E-state index contributed by atoms with van der Waals surface area (Å²) in [5, 5.41) is 5.97. The van der Waals surface area contributed by atoms with Crippen molar-refractivity contribution in [2.45, 2.75) is 19.8 Å². The molecule has 118 valence electrons. The monoisotopic (exact) mass is 319 g/mol. The summed E-state index contributed by atoms with van der Waals surface area (Å²) in [7, 11) is 1.96. The van der Waals surface area contributed by atoms with Gasteiger partial charge in [-0.05, 0) is 45.0 Å². The van der Waals surface area contributed by atoms with E-state index in [1.807, 2.05) is 36.4 Å². The van der Waals surface area contributed by atoms with Crippen molar-refractivity contribution in [1.29, 1.82) is 0 Å². The molecule has 6 heteroatoms. The first-order valence-corrected chi connectivity index (χ1v) is 8.47. The van der Waals surface area contributed by atoms with E-state index in [9.17, 15) is 4.79 Å². The summed E-state index contributed by atoms with van der Waals surface area (Å²) < 4.78 is 5.57. The maximum absolute atomic E-state index is 12.4. The lowest BCUT2D eigenvalue weighted by Gasteiger charge is -2.15. The third-order valence-electron chi connectivity index (χ3n) is 3.97. The van der Waals surface area contributed by atoms with Crippen LogP contribution in [0.2, 0.25) is 0 Å². The minimum atomic E-state index is 0.172. The second-order valence-corrected chi connectivity index (χ2v) is 6.64. The molecule has 1 amide bonds. The third-order valence-corrected chi connectivity index (χ3v) is 4.87. The molecule has 1 unspecified atom stereocenters. The van der Waals surface area contributed by atoms with Crippen LogP contribution in [0.15, 0.2) is 21.9 Å². The van der Waals surface area contributed by atoms with Crippen LogP contribution in [-0.4, -0.2) is 42.5 Å². The van der Waals surface area contributed by atoms with Gasteiger partial charge in [0, 0.05) is 18.5 Å². The van der Waals surface area contributed by atoms with Crippen molar-refractivity contribution in [2.75, 3.05) is 26.7 Å². The third kappa shape index (κ3) is 3.39. The van der Waals surface area contributed by atoms with Crippen molar-refractivity contribution < 1.29 is 9.21 Å². The number of hydrogen-bond acceptors (Lipinski definition) is 5. The summed E-state index contributed by atoms with van der Waals surface area (Å²) in [6.45, 7) is 4.60. The van der Waals surface area contributed by atoms with Gasteiger partial charge in [-0.2, -0.15) is 0 Å². The summed E-state index contributed by atoms with van der Waals surface area (Å²) in [5.41, 5.74) is 0.830. The molecule has 1 N–H and O–H groups in total. The van der Waals surface area contributed by atoms with Crippen LogP contribution in [0.25, 0.3) is 10.8 Å². The lowest BCUT2D eigenvalue weighted by molar-refractivity contribution is -0.129. The summed E-state index contributed by atoms with van der Waals surface area (Å²) >= 11 is 1.52. The van der Waals surface area contributed by atoms with E-state index in [1.165, 1.54) is 11.3 Å². The number of hydrogen-bond donors (Lipinski definition) is 1. The minimum Gasteiger partial charge on any atom is -0.459 e. The van der Waals surface area contributed by atoms with Gasteiger partial charge in [0.15, 0.2) is 10.8 Å². The first kappa shape index (κ1) is 15.2. The highest BCUT2D eigenvalue weighted by Gasteiger charge is 2.26. The zero-order chi connectivity index (χ0) is 15.5. The lowest BCUT2D eigenvalue weighted by atomic mass is 10.1. The molecule has 0 aromatic carbocycles. The molecule has 3 rings (SSSR count). The Hall–Kier alpha value is -1.66. The zero-order valence-corrected chi connectivity index (χ0v) is 13.8. The summed E-state index contributed by atoms with van der Waals surface area (Å²) in [5.74, 6) is 2.39. The standard InChI is InChI=1S/C16H21N3O2S/c1-11-3-4-14(21-11)16-18-13(10-22-16)7-15(20)19-6-5-12(9-19)8-17-2/h3-4,10,12,17H,5-9H2,1-2H3. The first-order chi connectivity index (χ1) is 10.7. The van der Waals surface area contributed by atoms with Crippen LogP contribution < -0.4 is 5.32 Å². The maximum atomic E-state index is 12.4. The van der Waals surface area contributed by atoms with Crippen LogP contribution in [-0.2, 0) is 11.2 Å². The van der Waals surface area contributed by atoms with Crippen molar-refractivity contribution in [2.24, 2.45) is 5.92 Å². The number of likely N-dealkylation sites (tertiary alicyclic amines) is 1. The van der Waals surface area contributed by atoms with Crippen molar-refractivity contribution in [3.63, 3.8) is 0 Å². The number of rotatable bonds is 5. The molecule has 2 aromatic rings. The molecule has 1 saturated heterocycles. The molecule has 2 aromatic heterocycles. The zero-order valence-electron chi connectivity index (χ0n) is 13.0. The summed E-state index contributed by atoms with van der Waals surface area (Å²) in [4.78, 5) is 18.8. The Balaban J connectivity index is 1.59.